The van der Waals surface area contributed by atoms with Crippen LogP contribution in [0.3, 0.4) is 0 Å². The molecule has 0 aliphatic heterocycles. The molecule has 0 aliphatic rings. The van der Waals surface area contributed by atoms with Crippen molar-refractivity contribution in [3.63, 3.8) is 0 Å². The minimum absolute atomic E-state index is 0.0566. The standard InChI is InChI=1S/C21H17N3O2/c1-13-7-8-16-17(11-15-5-2-6-18(23-15)21(25)26)20(24-19(16)10-13)14-4-3-9-22-12-14/h2-10,12,24H,11H2,1H3,(H,25,26). The molecule has 5 nitrogen and oxygen atoms in total. The summed E-state index contributed by atoms with van der Waals surface area (Å²) in [5.74, 6) is -1.02. The number of aromatic nitrogens is 3. The normalized spacial score (nSPS) is 11.0. The van der Waals surface area contributed by atoms with Crippen LogP contribution in [-0.2, 0) is 6.42 Å². The molecule has 26 heavy (non-hydrogen) atoms. The number of aryl methyl sites for hydroxylation is 1. The van der Waals surface area contributed by atoms with Gasteiger partial charge in [0.2, 0.25) is 0 Å². The molecule has 4 aromatic rings. The Morgan fingerprint density at radius 3 is 2.81 bits per heavy atom. The molecule has 5 heteroatoms. The molecule has 128 valence electrons. The van der Waals surface area contributed by atoms with E-state index in [0.29, 0.717) is 6.42 Å². The number of fused-ring (bicyclic) bond motifs is 1. The molecule has 1 aromatic carbocycles. The zero-order valence-corrected chi connectivity index (χ0v) is 14.2. The van der Waals surface area contributed by atoms with Gasteiger partial charge in [-0.25, -0.2) is 9.78 Å². The molecule has 0 atom stereocenters. The van der Waals surface area contributed by atoms with Crippen LogP contribution in [0.5, 0.6) is 0 Å². The highest BCUT2D eigenvalue weighted by Gasteiger charge is 2.15. The Morgan fingerprint density at radius 2 is 2.04 bits per heavy atom. The number of H-pyrrole nitrogens is 1. The summed E-state index contributed by atoms with van der Waals surface area (Å²) in [5.41, 5.74) is 6.06. The first kappa shape index (κ1) is 16.0. The van der Waals surface area contributed by atoms with E-state index in [1.54, 1.807) is 12.3 Å². The number of hydrogen-bond acceptors (Lipinski definition) is 3. The molecule has 0 bridgehead atoms. The topological polar surface area (TPSA) is 78.9 Å². The maximum absolute atomic E-state index is 11.2. The molecule has 3 aromatic heterocycles. The zero-order chi connectivity index (χ0) is 18.1. The van der Waals surface area contributed by atoms with Crippen molar-refractivity contribution < 1.29 is 9.90 Å². The van der Waals surface area contributed by atoms with Crippen molar-refractivity contribution >= 4 is 16.9 Å². The Hall–Kier alpha value is -3.47. The van der Waals surface area contributed by atoms with Crippen LogP contribution in [0, 0.1) is 6.92 Å². The quantitative estimate of drug-likeness (QED) is 0.581. The highest BCUT2D eigenvalue weighted by molar-refractivity contribution is 5.91. The van der Waals surface area contributed by atoms with Crippen molar-refractivity contribution in [1.82, 2.24) is 15.0 Å². The van der Waals surface area contributed by atoms with Gasteiger partial charge in [0.1, 0.15) is 5.69 Å². The van der Waals surface area contributed by atoms with Crippen molar-refractivity contribution in [3.05, 3.63) is 83.4 Å². The van der Waals surface area contributed by atoms with Crippen molar-refractivity contribution in [2.24, 2.45) is 0 Å². The van der Waals surface area contributed by atoms with E-state index in [1.807, 2.05) is 24.4 Å². The molecule has 0 saturated carbocycles. The summed E-state index contributed by atoms with van der Waals surface area (Å²) in [6, 6.07) is 15.3. The lowest BCUT2D eigenvalue weighted by Crippen LogP contribution is -2.03. The first-order chi connectivity index (χ1) is 12.6. The fraction of sp³-hybridized carbons (Fsp3) is 0.0952. The average molecular weight is 343 g/mol. The molecule has 3 heterocycles. The predicted octanol–water partition coefficient (Wildman–Crippen LogP) is 4.22. The van der Waals surface area contributed by atoms with Crippen LogP contribution in [-0.4, -0.2) is 26.0 Å². The van der Waals surface area contributed by atoms with Gasteiger partial charge >= 0.3 is 5.97 Å². The summed E-state index contributed by atoms with van der Waals surface area (Å²) in [5, 5.41) is 10.3. The minimum atomic E-state index is -1.02. The van der Waals surface area contributed by atoms with Crippen LogP contribution >= 0.6 is 0 Å². The number of nitrogens with one attached hydrogen (secondary N) is 1. The van der Waals surface area contributed by atoms with E-state index in [9.17, 15) is 9.90 Å². The van der Waals surface area contributed by atoms with E-state index in [4.69, 9.17) is 0 Å². The molecule has 0 aliphatic carbocycles. The van der Waals surface area contributed by atoms with Gasteiger partial charge in [-0.1, -0.05) is 18.2 Å². The van der Waals surface area contributed by atoms with Crippen LogP contribution in [0.2, 0.25) is 0 Å². The third-order valence-corrected chi connectivity index (χ3v) is 4.40. The first-order valence-electron chi connectivity index (χ1n) is 8.32. The maximum atomic E-state index is 11.2. The van der Waals surface area contributed by atoms with Gasteiger partial charge in [-0.15, -0.1) is 0 Å². The Kier molecular flexibility index (Phi) is 3.97. The molecule has 0 saturated heterocycles. The monoisotopic (exact) mass is 343 g/mol. The fourth-order valence-electron chi connectivity index (χ4n) is 3.19. The largest absolute Gasteiger partial charge is 0.477 e. The van der Waals surface area contributed by atoms with Crippen molar-refractivity contribution in [1.29, 1.82) is 0 Å². The summed E-state index contributed by atoms with van der Waals surface area (Å²) in [4.78, 5) is 23.2. The summed E-state index contributed by atoms with van der Waals surface area (Å²) < 4.78 is 0. The summed E-state index contributed by atoms with van der Waals surface area (Å²) in [7, 11) is 0. The predicted molar refractivity (Wildman–Crippen MR) is 100 cm³/mol. The van der Waals surface area contributed by atoms with E-state index in [1.165, 1.54) is 11.6 Å². The second kappa shape index (κ2) is 6.44. The third-order valence-electron chi connectivity index (χ3n) is 4.40. The fourth-order valence-corrected chi connectivity index (χ4v) is 3.19. The Balaban J connectivity index is 1.87. The second-order valence-electron chi connectivity index (χ2n) is 6.27. The van der Waals surface area contributed by atoms with Crippen LogP contribution in [0.15, 0.2) is 60.9 Å². The molecule has 2 N–H and O–H groups in total. The number of carboxylic acids is 1. The van der Waals surface area contributed by atoms with Crippen LogP contribution in [0.25, 0.3) is 22.2 Å². The molecular weight excluding hydrogens is 326 g/mol. The van der Waals surface area contributed by atoms with Crippen molar-refractivity contribution in [2.75, 3.05) is 0 Å². The number of carbonyl (C=O) groups is 1. The van der Waals surface area contributed by atoms with Gasteiger partial charge in [-0.05, 0) is 48.4 Å². The number of benzene rings is 1. The van der Waals surface area contributed by atoms with E-state index >= 15 is 0 Å². The van der Waals surface area contributed by atoms with Crippen molar-refractivity contribution in [3.8, 4) is 11.3 Å². The molecule has 0 amide bonds. The van der Waals surface area contributed by atoms with E-state index in [-0.39, 0.29) is 5.69 Å². The molecular formula is C21H17N3O2. The average Bonchev–Trinajstić information content (AvgIpc) is 3.00. The first-order valence-corrected chi connectivity index (χ1v) is 8.32. The highest BCUT2D eigenvalue weighted by Crippen LogP contribution is 2.32. The molecule has 0 radical (unpaired) electrons. The number of carboxylic acid groups (broad SMARTS) is 1. The summed E-state index contributed by atoms with van der Waals surface area (Å²) >= 11 is 0. The number of rotatable bonds is 4. The van der Waals surface area contributed by atoms with Gasteiger partial charge in [0.25, 0.3) is 0 Å². The number of hydrogen-bond donors (Lipinski definition) is 2. The Bertz CT molecular complexity index is 1100. The minimum Gasteiger partial charge on any atom is -0.477 e. The smallest absolute Gasteiger partial charge is 0.354 e. The lowest BCUT2D eigenvalue weighted by molar-refractivity contribution is 0.0690. The number of nitrogens with zero attached hydrogens (tertiary/aromatic N) is 2. The van der Waals surface area contributed by atoms with Gasteiger partial charge < -0.3 is 10.1 Å². The third kappa shape index (κ3) is 2.95. The zero-order valence-electron chi connectivity index (χ0n) is 14.2. The maximum Gasteiger partial charge on any atom is 0.354 e. The molecule has 0 unspecified atom stereocenters. The number of pyridine rings is 2. The number of aromatic amines is 1. The SMILES string of the molecule is Cc1ccc2c(Cc3cccc(C(=O)O)n3)c(-c3cccnc3)[nH]c2c1. The van der Waals surface area contributed by atoms with Crippen LogP contribution in [0.4, 0.5) is 0 Å². The lowest BCUT2D eigenvalue weighted by atomic mass is 10.0. The van der Waals surface area contributed by atoms with Crippen LogP contribution in [0.1, 0.15) is 27.3 Å². The van der Waals surface area contributed by atoms with Crippen molar-refractivity contribution in [2.45, 2.75) is 13.3 Å². The van der Waals surface area contributed by atoms with Gasteiger partial charge in [-0.3, -0.25) is 4.98 Å². The second-order valence-corrected chi connectivity index (χ2v) is 6.27. The Morgan fingerprint density at radius 1 is 1.15 bits per heavy atom. The van der Waals surface area contributed by atoms with Gasteiger partial charge in [0, 0.05) is 41.0 Å². The van der Waals surface area contributed by atoms with E-state index in [2.05, 4.69) is 40.1 Å². The molecule has 4 rings (SSSR count). The molecule has 0 spiro atoms. The lowest BCUT2D eigenvalue weighted by Gasteiger charge is -2.06. The summed E-state index contributed by atoms with van der Waals surface area (Å²) in [6.45, 7) is 2.06. The highest BCUT2D eigenvalue weighted by atomic mass is 16.4. The van der Waals surface area contributed by atoms with E-state index < -0.39 is 5.97 Å². The molecule has 0 fully saturated rings. The summed E-state index contributed by atoms with van der Waals surface area (Å²) in [6.07, 6.45) is 4.10. The van der Waals surface area contributed by atoms with Gasteiger partial charge in [0.05, 0.1) is 5.69 Å². The Labute approximate surface area is 150 Å². The van der Waals surface area contributed by atoms with Crippen LogP contribution < -0.4 is 0 Å². The van der Waals surface area contributed by atoms with E-state index in [0.717, 1.165) is 33.4 Å². The van der Waals surface area contributed by atoms with Gasteiger partial charge in [-0.2, -0.15) is 0 Å². The van der Waals surface area contributed by atoms with Gasteiger partial charge in [0.15, 0.2) is 0 Å². The number of aromatic carboxylic acids is 1.